The van der Waals surface area contributed by atoms with Gasteiger partial charge >= 0.3 is 0 Å². The highest BCUT2D eigenvalue weighted by atomic mass is 32.2. The first-order chi connectivity index (χ1) is 13.9. The molecule has 0 aliphatic carbocycles. The van der Waals surface area contributed by atoms with Gasteiger partial charge in [-0.25, -0.2) is 8.42 Å². The van der Waals surface area contributed by atoms with Crippen LogP contribution in [-0.4, -0.2) is 50.7 Å². The standard InChI is InChI=1S/C22H29N3O3S/c1-24(2)17-19-11-9-18(10-12-19)16-23-22(26)20-7-6-8-21(15-20)29(27,28)25-13-4-3-5-14-25/h6-12,15H,3-5,13-14,16-17H2,1-2H3,(H,23,26). The minimum Gasteiger partial charge on any atom is -0.348 e. The highest BCUT2D eigenvalue weighted by Gasteiger charge is 2.26. The van der Waals surface area contributed by atoms with Gasteiger partial charge in [-0.15, -0.1) is 0 Å². The summed E-state index contributed by atoms with van der Waals surface area (Å²) >= 11 is 0. The number of nitrogens with one attached hydrogen (secondary N) is 1. The average Bonchev–Trinajstić information content (AvgIpc) is 2.73. The maximum absolute atomic E-state index is 12.8. The third-order valence-corrected chi connectivity index (χ3v) is 6.92. The van der Waals surface area contributed by atoms with E-state index in [1.165, 1.54) is 15.9 Å². The molecule has 29 heavy (non-hydrogen) atoms. The molecule has 1 heterocycles. The normalized spacial score (nSPS) is 15.4. The van der Waals surface area contributed by atoms with Crippen LogP contribution in [0.5, 0.6) is 0 Å². The molecule has 2 aromatic carbocycles. The highest BCUT2D eigenvalue weighted by Crippen LogP contribution is 2.21. The van der Waals surface area contributed by atoms with E-state index in [4.69, 9.17) is 0 Å². The topological polar surface area (TPSA) is 69.7 Å². The second-order valence-electron chi connectivity index (χ2n) is 7.73. The summed E-state index contributed by atoms with van der Waals surface area (Å²) in [5.74, 6) is -0.280. The first-order valence-electron chi connectivity index (χ1n) is 9.97. The molecule has 0 spiro atoms. The van der Waals surface area contributed by atoms with Gasteiger partial charge < -0.3 is 10.2 Å². The fraction of sp³-hybridized carbons (Fsp3) is 0.409. The molecule has 0 unspecified atom stereocenters. The minimum atomic E-state index is -3.55. The van der Waals surface area contributed by atoms with Crippen molar-refractivity contribution in [1.29, 1.82) is 0 Å². The second kappa shape index (κ2) is 9.52. The van der Waals surface area contributed by atoms with Crippen molar-refractivity contribution in [2.45, 2.75) is 37.2 Å². The lowest BCUT2D eigenvalue weighted by Gasteiger charge is -2.26. The minimum absolute atomic E-state index is 0.181. The molecule has 1 saturated heterocycles. The summed E-state index contributed by atoms with van der Waals surface area (Å²) in [5.41, 5.74) is 2.56. The summed E-state index contributed by atoms with van der Waals surface area (Å²) < 4.78 is 27.2. The number of nitrogens with zero attached hydrogens (tertiary/aromatic N) is 2. The molecule has 6 nitrogen and oxygen atoms in total. The summed E-state index contributed by atoms with van der Waals surface area (Å²) in [7, 11) is 0.493. The van der Waals surface area contributed by atoms with E-state index in [0.29, 0.717) is 25.2 Å². The molecular weight excluding hydrogens is 386 g/mol. The lowest BCUT2D eigenvalue weighted by molar-refractivity contribution is 0.0950. The van der Waals surface area contributed by atoms with E-state index < -0.39 is 10.0 Å². The molecule has 1 N–H and O–H groups in total. The molecule has 156 valence electrons. The molecule has 7 heteroatoms. The summed E-state index contributed by atoms with van der Waals surface area (Å²) in [6.07, 6.45) is 2.82. The first kappa shape index (κ1) is 21.5. The van der Waals surface area contributed by atoms with Crippen molar-refractivity contribution < 1.29 is 13.2 Å². The number of carbonyl (C=O) groups is 1. The van der Waals surface area contributed by atoms with Gasteiger partial charge in [-0.2, -0.15) is 4.31 Å². The molecule has 1 fully saturated rings. The molecule has 1 amide bonds. The zero-order chi connectivity index (χ0) is 20.9. The van der Waals surface area contributed by atoms with Gasteiger partial charge in [0.25, 0.3) is 5.91 Å². The molecule has 0 bridgehead atoms. The van der Waals surface area contributed by atoms with Crippen LogP contribution in [0.3, 0.4) is 0 Å². The number of benzene rings is 2. The smallest absolute Gasteiger partial charge is 0.251 e. The van der Waals surface area contributed by atoms with Crippen LogP contribution in [0.2, 0.25) is 0 Å². The third-order valence-electron chi connectivity index (χ3n) is 5.02. The van der Waals surface area contributed by atoms with Crippen molar-refractivity contribution in [3.8, 4) is 0 Å². The summed E-state index contributed by atoms with van der Waals surface area (Å²) in [6, 6.07) is 14.4. The van der Waals surface area contributed by atoms with E-state index in [2.05, 4.69) is 10.2 Å². The van der Waals surface area contributed by atoms with E-state index >= 15 is 0 Å². The molecule has 1 aliphatic rings. The Balaban J connectivity index is 1.65. The van der Waals surface area contributed by atoms with Crippen molar-refractivity contribution >= 4 is 15.9 Å². The lowest BCUT2D eigenvalue weighted by Crippen LogP contribution is -2.35. The number of rotatable bonds is 7. The molecule has 0 radical (unpaired) electrons. The number of amides is 1. The largest absolute Gasteiger partial charge is 0.348 e. The summed E-state index contributed by atoms with van der Waals surface area (Å²) in [6.45, 7) is 2.35. The van der Waals surface area contributed by atoms with Crippen molar-refractivity contribution in [1.82, 2.24) is 14.5 Å². The van der Waals surface area contributed by atoms with Crippen LogP contribution in [-0.2, 0) is 23.1 Å². The predicted octanol–water partition coefficient (Wildman–Crippen LogP) is 2.85. The van der Waals surface area contributed by atoms with Crippen LogP contribution in [0.25, 0.3) is 0 Å². The van der Waals surface area contributed by atoms with Crippen LogP contribution in [0.15, 0.2) is 53.4 Å². The van der Waals surface area contributed by atoms with Gasteiger partial charge in [0.1, 0.15) is 0 Å². The lowest BCUT2D eigenvalue weighted by atomic mass is 10.1. The molecule has 0 aromatic heterocycles. The molecule has 0 atom stereocenters. The van der Waals surface area contributed by atoms with Gasteiger partial charge in [0.05, 0.1) is 4.90 Å². The fourth-order valence-electron chi connectivity index (χ4n) is 3.46. The first-order valence-corrected chi connectivity index (χ1v) is 11.4. The Kier molecular flexibility index (Phi) is 7.05. The quantitative estimate of drug-likeness (QED) is 0.755. The molecule has 0 saturated carbocycles. The molecular formula is C22H29N3O3S. The van der Waals surface area contributed by atoms with Gasteiger partial charge in [-0.1, -0.05) is 36.8 Å². The van der Waals surface area contributed by atoms with E-state index in [1.54, 1.807) is 18.2 Å². The number of hydrogen-bond acceptors (Lipinski definition) is 4. The Labute approximate surface area is 173 Å². The van der Waals surface area contributed by atoms with Gasteiger partial charge in [-0.3, -0.25) is 4.79 Å². The Bertz CT molecular complexity index is 934. The maximum atomic E-state index is 12.8. The number of hydrogen-bond donors (Lipinski definition) is 1. The van der Waals surface area contributed by atoms with Crippen LogP contribution in [0.1, 0.15) is 40.7 Å². The number of piperidine rings is 1. The van der Waals surface area contributed by atoms with Crippen LogP contribution in [0, 0.1) is 0 Å². The van der Waals surface area contributed by atoms with Crippen molar-refractivity contribution in [3.05, 3.63) is 65.2 Å². The summed E-state index contributed by atoms with van der Waals surface area (Å²) in [4.78, 5) is 14.8. The Morgan fingerprint density at radius 1 is 1.00 bits per heavy atom. The number of sulfonamides is 1. The van der Waals surface area contributed by atoms with E-state index in [1.807, 2.05) is 38.4 Å². The van der Waals surface area contributed by atoms with Crippen molar-refractivity contribution in [2.24, 2.45) is 0 Å². The Morgan fingerprint density at radius 3 is 2.31 bits per heavy atom. The maximum Gasteiger partial charge on any atom is 0.251 e. The van der Waals surface area contributed by atoms with Crippen LogP contribution < -0.4 is 5.32 Å². The van der Waals surface area contributed by atoms with Gasteiger partial charge in [0.2, 0.25) is 10.0 Å². The van der Waals surface area contributed by atoms with E-state index in [0.717, 1.165) is 31.4 Å². The van der Waals surface area contributed by atoms with Crippen molar-refractivity contribution in [3.63, 3.8) is 0 Å². The van der Waals surface area contributed by atoms with Crippen molar-refractivity contribution in [2.75, 3.05) is 27.2 Å². The third kappa shape index (κ3) is 5.65. The average molecular weight is 416 g/mol. The second-order valence-corrected chi connectivity index (χ2v) is 9.67. The van der Waals surface area contributed by atoms with Gasteiger partial charge in [0, 0.05) is 31.7 Å². The van der Waals surface area contributed by atoms with E-state index in [-0.39, 0.29) is 10.8 Å². The Hall–Kier alpha value is -2.22. The molecule has 2 aromatic rings. The monoisotopic (exact) mass is 415 g/mol. The Morgan fingerprint density at radius 2 is 1.66 bits per heavy atom. The highest BCUT2D eigenvalue weighted by molar-refractivity contribution is 7.89. The zero-order valence-corrected chi connectivity index (χ0v) is 17.9. The van der Waals surface area contributed by atoms with E-state index in [9.17, 15) is 13.2 Å². The molecule has 1 aliphatic heterocycles. The molecule has 3 rings (SSSR count). The van der Waals surface area contributed by atoms with Crippen LogP contribution >= 0.6 is 0 Å². The van der Waals surface area contributed by atoms with Gasteiger partial charge in [-0.05, 0) is 56.3 Å². The number of carbonyl (C=O) groups excluding carboxylic acids is 1. The van der Waals surface area contributed by atoms with Crippen LogP contribution in [0.4, 0.5) is 0 Å². The fourth-order valence-corrected chi connectivity index (χ4v) is 5.03. The SMILES string of the molecule is CN(C)Cc1ccc(CNC(=O)c2cccc(S(=O)(=O)N3CCCCC3)c2)cc1. The van der Waals surface area contributed by atoms with Gasteiger partial charge in [0.15, 0.2) is 0 Å². The summed E-state index contributed by atoms with van der Waals surface area (Å²) in [5, 5.41) is 2.88. The predicted molar refractivity (Wildman–Crippen MR) is 114 cm³/mol. The zero-order valence-electron chi connectivity index (χ0n) is 17.1.